The first-order valence-electron chi connectivity index (χ1n) is 2.28. The largest absolute Gasteiger partial charge is 0.469 e. The number of hydrogen-bond acceptors (Lipinski definition) is 2. The monoisotopic (exact) mass is 155 g/mol. The van der Waals surface area contributed by atoms with Crippen LogP contribution in [-0.4, -0.2) is 22.5 Å². The number of hydrogen-bond donors (Lipinski definition) is 2. The third-order valence-electron chi connectivity index (χ3n) is 0.552. The second-order valence-corrected chi connectivity index (χ2v) is 2.77. The molecule has 9 heavy (non-hydrogen) atoms. The minimum absolute atomic E-state index is 0.648. The molecule has 0 aliphatic rings. The first-order chi connectivity index (χ1) is 3.95. The van der Waals surface area contributed by atoms with Crippen molar-refractivity contribution in [3.8, 4) is 0 Å². The van der Waals surface area contributed by atoms with Crippen LogP contribution in [0.25, 0.3) is 0 Å². The van der Waals surface area contributed by atoms with Crippen LogP contribution in [-0.2, 0) is 14.2 Å². The molecular formula is C3H8O5P. The van der Waals surface area contributed by atoms with Gasteiger partial charge in [0.15, 0.2) is 0 Å². The Kier molecular flexibility index (Phi) is 3.32. The van der Waals surface area contributed by atoms with Crippen LogP contribution in [0.4, 0.5) is 0 Å². The maximum absolute atomic E-state index is 9.93. The summed E-state index contributed by atoms with van der Waals surface area (Å²) in [5, 5.41) is 9.84. The Morgan fingerprint density at radius 1 is 1.67 bits per heavy atom. The van der Waals surface area contributed by atoms with E-state index >= 15 is 0 Å². The van der Waals surface area contributed by atoms with Gasteiger partial charge in [-0.25, -0.2) is 9.67 Å². The molecule has 0 rings (SSSR count). The van der Waals surface area contributed by atoms with Crippen molar-refractivity contribution in [1.29, 1.82) is 0 Å². The van der Waals surface area contributed by atoms with Gasteiger partial charge < -0.3 is 9.79 Å². The molecule has 0 fully saturated rings. The molecule has 1 atom stereocenters. The van der Waals surface area contributed by atoms with Crippen LogP contribution >= 0.6 is 7.82 Å². The Balaban J connectivity index is 3.60. The maximum atomic E-state index is 9.93. The Morgan fingerprint density at radius 2 is 2.11 bits per heavy atom. The highest BCUT2D eigenvalue weighted by Crippen LogP contribution is 2.37. The van der Waals surface area contributed by atoms with Gasteiger partial charge in [-0.1, -0.05) is 0 Å². The molecule has 0 aromatic rings. The van der Waals surface area contributed by atoms with Crippen molar-refractivity contribution in [2.24, 2.45) is 0 Å². The van der Waals surface area contributed by atoms with Gasteiger partial charge >= 0.3 is 7.82 Å². The van der Waals surface area contributed by atoms with Crippen molar-refractivity contribution in [3.05, 3.63) is 0 Å². The molecule has 0 bridgehead atoms. The minimum atomic E-state index is -4.44. The van der Waals surface area contributed by atoms with E-state index in [-0.39, 0.29) is 0 Å². The lowest BCUT2D eigenvalue weighted by molar-refractivity contribution is 0.0591. The fraction of sp³-hybridized carbons (Fsp3) is 1.00. The zero-order valence-corrected chi connectivity index (χ0v) is 5.75. The summed E-state index contributed by atoms with van der Waals surface area (Å²) in [6.07, 6.45) is -0.925. The van der Waals surface area contributed by atoms with E-state index in [9.17, 15) is 9.67 Å². The molecule has 0 aliphatic carbocycles. The molecule has 6 heteroatoms. The van der Waals surface area contributed by atoms with Crippen molar-refractivity contribution in [2.75, 3.05) is 6.61 Å². The van der Waals surface area contributed by atoms with E-state index in [0.717, 1.165) is 0 Å². The highest BCUT2D eigenvalue weighted by molar-refractivity contribution is 7.46. The van der Waals surface area contributed by atoms with Gasteiger partial charge in [0.2, 0.25) is 0 Å². The number of phosphoric acid groups is 1. The van der Waals surface area contributed by atoms with Crippen molar-refractivity contribution in [1.82, 2.24) is 0 Å². The van der Waals surface area contributed by atoms with Crippen molar-refractivity contribution >= 4 is 7.82 Å². The van der Waals surface area contributed by atoms with Gasteiger partial charge in [0, 0.05) is 0 Å². The van der Waals surface area contributed by atoms with Crippen LogP contribution in [0.5, 0.6) is 0 Å². The first kappa shape index (κ1) is 9.07. The van der Waals surface area contributed by atoms with Gasteiger partial charge in [-0.05, 0) is 6.92 Å². The zero-order chi connectivity index (χ0) is 7.49. The van der Waals surface area contributed by atoms with E-state index in [0.29, 0.717) is 0 Å². The standard InChI is InChI=1S/C3H8O5P/c1-3(2-4)8-9(5,6)7/h3H,2H2,1H3,(H2,5,6,7). The Bertz CT molecular complexity index is 117. The topological polar surface area (TPSA) is 86.7 Å². The smallest absolute Gasteiger partial charge is 0.303 e. The van der Waals surface area contributed by atoms with E-state index in [2.05, 4.69) is 4.52 Å². The third kappa shape index (κ3) is 5.95. The fourth-order valence-corrected chi connectivity index (χ4v) is 0.795. The SMILES string of the molecule is CC(C[O])OP(=O)(O)O. The van der Waals surface area contributed by atoms with Gasteiger partial charge in [0.1, 0.15) is 6.61 Å². The molecule has 0 amide bonds. The van der Waals surface area contributed by atoms with Crippen LogP contribution in [0.15, 0.2) is 0 Å². The summed E-state index contributed by atoms with van der Waals surface area (Å²) < 4.78 is 13.9. The predicted octanol–water partition coefficient (Wildman–Crippen LogP) is -0.0853. The van der Waals surface area contributed by atoms with Gasteiger partial charge in [-0.2, -0.15) is 0 Å². The Labute approximate surface area is 52.5 Å². The molecule has 0 spiro atoms. The average molecular weight is 155 g/mol. The lowest BCUT2D eigenvalue weighted by Gasteiger charge is -2.08. The summed E-state index contributed by atoms with van der Waals surface area (Å²) in [7, 11) is -4.44. The van der Waals surface area contributed by atoms with Crippen molar-refractivity contribution < 1.29 is 24.0 Å². The van der Waals surface area contributed by atoms with E-state index in [1.54, 1.807) is 0 Å². The molecule has 0 aromatic heterocycles. The van der Waals surface area contributed by atoms with Gasteiger partial charge in [-0.15, -0.1) is 0 Å². The summed E-state index contributed by atoms with van der Waals surface area (Å²) in [6.45, 7) is 0.650. The maximum Gasteiger partial charge on any atom is 0.469 e. The van der Waals surface area contributed by atoms with E-state index in [1.165, 1.54) is 6.92 Å². The van der Waals surface area contributed by atoms with Gasteiger partial charge in [0.25, 0.3) is 0 Å². The summed E-state index contributed by atoms with van der Waals surface area (Å²) in [6, 6.07) is 0. The van der Waals surface area contributed by atoms with E-state index in [1.807, 2.05) is 0 Å². The molecule has 0 saturated carbocycles. The van der Waals surface area contributed by atoms with Crippen molar-refractivity contribution in [3.63, 3.8) is 0 Å². The van der Waals surface area contributed by atoms with Gasteiger partial charge in [0.05, 0.1) is 6.10 Å². The molecule has 0 heterocycles. The number of phosphoric ester groups is 1. The molecule has 55 valence electrons. The summed E-state index contributed by atoms with van der Waals surface area (Å²) >= 11 is 0. The highest BCUT2D eigenvalue weighted by Gasteiger charge is 2.17. The normalized spacial score (nSPS) is 15.6. The van der Waals surface area contributed by atoms with Crippen LogP contribution < -0.4 is 0 Å². The fourth-order valence-electron chi connectivity index (χ4n) is 0.265. The third-order valence-corrected chi connectivity index (χ3v) is 1.19. The van der Waals surface area contributed by atoms with Crippen LogP contribution in [0, 0.1) is 0 Å². The molecule has 0 saturated heterocycles. The second kappa shape index (κ2) is 3.29. The number of rotatable bonds is 3. The lowest BCUT2D eigenvalue weighted by atomic mass is 10.5. The average Bonchev–Trinajstić information content (AvgIpc) is 1.62. The van der Waals surface area contributed by atoms with Crippen LogP contribution in [0.2, 0.25) is 0 Å². The molecule has 2 N–H and O–H groups in total. The molecule has 5 nitrogen and oxygen atoms in total. The Morgan fingerprint density at radius 3 is 2.22 bits per heavy atom. The lowest BCUT2D eigenvalue weighted by Crippen LogP contribution is -2.09. The molecule has 0 aromatic carbocycles. The van der Waals surface area contributed by atoms with Crippen LogP contribution in [0.1, 0.15) is 6.92 Å². The zero-order valence-electron chi connectivity index (χ0n) is 4.85. The van der Waals surface area contributed by atoms with Gasteiger partial charge in [-0.3, -0.25) is 4.52 Å². The second-order valence-electron chi connectivity index (χ2n) is 1.57. The minimum Gasteiger partial charge on any atom is -0.303 e. The van der Waals surface area contributed by atoms with Crippen molar-refractivity contribution in [2.45, 2.75) is 13.0 Å². The van der Waals surface area contributed by atoms with E-state index < -0.39 is 20.5 Å². The summed E-state index contributed by atoms with van der Waals surface area (Å²) in [4.78, 5) is 16.1. The Hall–Kier alpha value is 0.0700. The van der Waals surface area contributed by atoms with E-state index in [4.69, 9.17) is 9.79 Å². The summed E-state index contributed by atoms with van der Waals surface area (Å²) in [5.74, 6) is 0. The predicted molar refractivity (Wildman–Crippen MR) is 28.1 cm³/mol. The highest BCUT2D eigenvalue weighted by atomic mass is 31.2. The quantitative estimate of drug-likeness (QED) is 0.557. The first-order valence-corrected chi connectivity index (χ1v) is 3.81. The summed E-state index contributed by atoms with van der Waals surface area (Å²) in [5.41, 5.74) is 0. The molecule has 1 unspecified atom stereocenters. The van der Waals surface area contributed by atoms with Crippen LogP contribution in [0.3, 0.4) is 0 Å². The molecular weight excluding hydrogens is 147 g/mol. The molecule has 1 radical (unpaired) electrons. The molecule has 0 aliphatic heterocycles.